The summed E-state index contributed by atoms with van der Waals surface area (Å²) >= 11 is 5.91. The quantitative estimate of drug-likeness (QED) is 0.913. The highest BCUT2D eigenvalue weighted by atomic mass is 35.5. The second-order valence-electron chi connectivity index (χ2n) is 4.29. The smallest absolute Gasteiger partial charge is 0.165 e. The number of hydrogen-bond acceptors (Lipinski definition) is 2. The van der Waals surface area contributed by atoms with E-state index in [9.17, 15) is 8.78 Å². The topological polar surface area (TPSA) is 35.2 Å². The summed E-state index contributed by atoms with van der Waals surface area (Å²) in [7, 11) is 0. The van der Waals surface area contributed by atoms with Crippen LogP contribution in [0.2, 0.25) is 5.02 Å². The molecule has 0 aliphatic heterocycles. The van der Waals surface area contributed by atoms with E-state index >= 15 is 0 Å². The Morgan fingerprint density at radius 2 is 1.90 bits per heavy atom. The van der Waals surface area contributed by atoms with Crippen molar-refractivity contribution in [2.24, 2.45) is 5.73 Å². The van der Waals surface area contributed by atoms with E-state index in [0.29, 0.717) is 23.7 Å². The van der Waals surface area contributed by atoms with Gasteiger partial charge in [0.1, 0.15) is 12.4 Å². The molecule has 0 aliphatic carbocycles. The Morgan fingerprint density at radius 3 is 2.65 bits per heavy atom. The van der Waals surface area contributed by atoms with E-state index in [1.807, 2.05) is 0 Å². The molecular formula is C15H14ClF2NO. The molecule has 0 heterocycles. The first-order valence-corrected chi connectivity index (χ1v) is 6.54. The van der Waals surface area contributed by atoms with Crippen LogP contribution in [0, 0.1) is 11.6 Å². The Bertz CT molecular complexity index is 604. The summed E-state index contributed by atoms with van der Waals surface area (Å²) in [6.07, 6.45) is 0.599. The van der Waals surface area contributed by atoms with Crippen molar-refractivity contribution in [1.29, 1.82) is 0 Å². The number of rotatable bonds is 5. The first kappa shape index (κ1) is 14.8. The molecule has 0 bridgehead atoms. The number of nitrogens with two attached hydrogens (primary N) is 1. The van der Waals surface area contributed by atoms with Crippen LogP contribution in [0.4, 0.5) is 8.78 Å². The molecule has 0 radical (unpaired) electrons. The van der Waals surface area contributed by atoms with Gasteiger partial charge in [0.05, 0.1) is 0 Å². The fraction of sp³-hybridized carbons (Fsp3) is 0.200. The van der Waals surface area contributed by atoms with Crippen molar-refractivity contribution in [3.05, 3.63) is 64.2 Å². The first-order chi connectivity index (χ1) is 9.61. The second-order valence-corrected chi connectivity index (χ2v) is 4.73. The lowest BCUT2D eigenvalue weighted by Crippen LogP contribution is -2.06. The van der Waals surface area contributed by atoms with Crippen LogP contribution in [-0.4, -0.2) is 6.54 Å². The van der Waals surface area contributed by atoms with Gasteiger partial charge >= 0.3 is 0 Å². The highest BCUT2D eigenvalue weighted by Crippen LogP contribution is 2.24. The Morgan fingerprint density at radius 1 is 1.10 bits per heavy atom. The lowest BCUT2D eigenvalue weighted by molar-refractivity contribution is 0.294. The van der Waals surface area contributed by atoms with Crippen LogP contribution in [-0.2, 0) is 13.0 Å². The molecule has 2 N–H and O–H groups in total. The minimum Gasteiger partial charge on any atom is -0.489 e. The summed E-state index contributed by atoms with van der Waals surface area (Å²) in [6, 6.07) is 9.13. The van der Waals surface area contributed by atoms with Crippen molar-refractivity contribution >= 4 is 11.6 Å². The molecule has 0 atom stereocenters. The number of hydrogen-bond donors (Lipinski definition) is 1. The maximum Gasteiger partial charge on any atom is 0.165 e. The van der Waals surface area contributed by atoms with Gasteiger partial charge in [-0.05, 0) is 42.8 Å². The summed E-state index contributed by atoms with van der Waals surface area (Å²) in [5.74, 6) is -1.20. The van der Waals surface area contributed by atoms with Crippen molar-refractivity contribution in [2.45, 2.75) is 13.0 Å². The summed E-state index contributed by atoms with van der Waals surface area (Å²) in [4.78, 5) is 0. The van der Waals surface area contributed by atoms with E-state index < -0.39 is 11.6 Å². The summed E-state index contributed by atoms with van der Waals surface area (Å²) < 4.78 is 32.2. The van der Waals surface area contributed by atoms with E-state index in [0.717, 1.165) is 11.6 Å². The lowest BCUT2D eigenvalue weighted by Gasteiger charge is -2.12. The van der Waals surface area contributed by atoms with Crippen LogP contribution in [0.15, 0.2) is 36.4 Å². The van der Waals surface area contributed by atoms with Crippen molar-refractivity contribution in [3.63, 3.8) is 0 Å². The van der Waals surface area contributed by atoms with Gasteiger partial charge in [0.2, 0.25) is 0 Å². The maximum absolute atomic E-state index is 13.5. The molecule has 2 aromatic rings. The van der Waals surface area contributed by atoms with Gasteiger partial charge in [0.25, 0.3) is 0 Å². The maximum atomic E-state index is 13.5. The molecule has 20 heavy (non-hydrogen) atoms. The number of halogens is 3. The van der Waals surface area contributed by atoms with Gasteiger partial charge in [-0.15, -0.1) is 0 Å². The largest absolute Gasteiger partial charge is 0.489 e. The number of benzene rings is 2. The van der Waals surface area contributed by atoms with Crippen LogP contribution in [0.3, 0.4) is 0 Å². The summed E-state index contributed by atoms with van der Waals surface area (Å²) in [6.45, 7) is 0.397. The van der Waals surface area contributed by atoms with Crippen molar-refractivity contribution in [3.8, 4) is 5.75 Å². The Balaban J connectivity index is 2.16. The van der Waals surface area contributed by atoms with Crippen LogP contribution < -0.4 is 10.5 Å². The Hall–Kier alpha value is -1.65. The molecule has 2 aromatic carbocycles. The molecule has 0 unspecified atom stereocenters. The zero-order chi connectivity index (χ0) is 14.5. The molecule has 0 amide bonds. The molecule has 2 rings (SSSR count). The molecule has 2 nitrogen and oxygen atoms in total. The van der Waals surface area contributed by atoms with Crippen LogP contribution in [0.25, 0.3) is 0 Å². The Kier molecular flexibility index (Phi) is 4.93. The highest BCUT2D eigenvalue weighted by Gasteiger charge is 2.10. The van der Waals surface area contributed by atoms with E-state index in [2.05, 4.69) is 0 Å². The molecule has 0 aliphatic rings. The third-order valence-electron chi connectivity index (χ3n) is 2.85. The predicted molar refractivity (Wildman–Crippen MR) is 74.9 cm³/mol. The van der Waals surface area contributed by atoms with E-state index in [1.54, 1.807) is 18.2 Å². The zero-order valence-electron chi connectivity index (χ0n) is 10.7. The molecule has 0 aromatic heterocycles. The highest BCUT2D eigenvalue weighted by molar-refractivity contribution is 6.30. The molecule has 0 saturated carbocycles. The fourth-order valence-corrected chi connectivity index (χ4v) is 2.05. The summed E-state index contributed by atoms with van der Waals surface area (Å²) in [5.41, 5.74) is 6.53. The molecule has 106 valence electrons. The van der Waals surface area contributed by atoms with E-state index in [1.165, 1.54) is 12.1 Å². The van der Waals surface area contributed by atoms with Gasteiger partial charge < -0.3 is 10.5 Å². The third kappa shape index (κ3) is 3.46. The standard InChI is InChI=1S/C15H14ClF2NO/c16-12-4-5-14(10(8-12)6-7-19)20-9-11-2-1-3-13(17)15(11)18/h1-5,8H,6-7,9,19H2. The lowest BCUT2D eigenvalue weighted by atomic mass is 10.1. The molecule has 0 spiro atoms. The monoisotopic (exact) mass is 297 g/mol. The van der Waals surface area contributed by atoms with Crippen molar-refractivity contribution in [2.75, 3.05) is 6.54 Å². The van der Waals surface area contributed by atoms with Crippen LogP contribution in [0.1, 0.15) is 11.1 Å². The third-order valence-corrected chi connectivity index (χ3v) is 3.09. The normalized spacial score (nSPS) is 10.6. The van der Waals surface area contributed by atoms with Crippen molar-refractivity contribution < 1.29 is 13.5 Å². The van der Waals surface area contributed by atoms with Crippen molar-refractivity contribution in [1.82, 2.24) is 0 Å². The van der Waals surface area contributed by atoms with E-state index in [-0.39, 0.29) is 12.2 Å². The molecule has 5 heteroatoms. The van der Waals surface area contributed by atoms with E-state index in [4.69, 9.17) is 22.1 Å². The van der Waals surface area contributed by atoms with Gasteiger partial charge in [0, 0.05) is 10.6 Å². The van der Waals surface area contributed by atoms with Gasteiger partial charge in [-0.25, -0.2) is 8.78 Å². The average molecular weight is 298 g/mol. The number of ether oxygens (including phenoxy) is 1. The SMILES string of the molecule is NCCc1cc(Cl)ccc1OCc1cccc(F)c1F. The zero-order valence-corrected chi connectivity index (χ0v) is 11.5. The predicted octanol–water partition coefficient (Wildman–Crippen LogP) is 3.70. The minimum atomic E-state index is -0.887. The van der Waals surface area contributed by atoms with Gasteiger partial charge in [-0.1, -0.05) is 23.7 Å². The van der Waals surface area contributed by atoms with Gasteiger partial charge in [-0.2, -0.15) is 0 Å². The average Bonchev–Trinajstić information content (AvgIpc) is 2.42. The summed E-state index contributed by atoms with van der Waals surface area (Å²) in [5, 5.41) is 0.581. The van der Waals surface area contributed by atoms with Crippen LogP contribution in [0.5, 0.6) is 5.75 Å². The molecular weight excluding hydrogens is 284 g/mol. The second kappa shape index (κ2) is 6.68. The van der Waals surface area contributed by atoms with Crippen LogP contribution >= 0.6 is 11.6 Å². The first-order valence-electron chi connectivity index (χ1n) is 6.16. The van der Waals surface area contributed by atoms with Gasteiger partial charge in [-0.3, -0.25) is 0 Å². The Labute approximate surface area is 121 Å². The minimum absolute atomic E-state index is 0.0528. The van der Waals surface area contributed by atoms with Gasteiger partial charge in [0.15, 0.2) is 11.6 Å². The fourth-order valence-electron chi connectivity index (χ4n) is 1.86. The molecule has 0 saturated heterocycles. The molecule has 0 fully saturated rings.